The average molecular weight is 460 g/mol. The maximum atomic E-state index is 2.22. The second-order valence-corrected chi connectivity index (χ2v) is 5.94. The maximum absolute atomic E-state index is 2.22. The number of hydrogen-bond acceptors (Lipinski definition) is 1. The first kappa shape index (κ1) is 15.2. The van der Waals surface area contributed by atoms with Crippen molar-refractivity contribution in [2.24, 2.45) is 7.05 Å². The Bertz CT molecular complexity index is 731. The van der Waals surface area contributed by atoms with Crippen LogP contribution in [0.1, 0.15) is 19.4 Å². The number of fused-ring (bicyclic) bond motifs is 1. The van der Waals surface area contributed by atoms with E-state index < -0.39 is 0 Å². The summed E-state index contributed by atoms with van der Waals surface area (Å²) in [5.41, 5.74) is 2.67. The summed E-state index contributed by atoms with van der Waals surface area (Å²) in [7, 11) is 2.12. The SMILES string of the molecule is C[C-](C)c1ccsc1-c1c2ccccc2cc[n+]1C.[Ir]. The summed E-state index contributed by atoms with van der Waals surface area (Å²) >= 11 is 1.82. The van der Waals surface area contributed by atoms with Crippen molar-refractivity contribution in [2.45, 2.75) is 13.8 Å². The largest absolute Gasteiger partial charge is 0.219 e. The van der Waals surface area contributed by atoms with Crippen LogP contribution in [0.2, 0.25) is 0 Å². The molecule has 0 N–H and O–H groups in total. The molecule has 3 rings (SSSR count). The summed E-state index contributed by atoms with van der Waals surface area (Å²) in [6, 6.07) is 13.0. The molecule has 105 valence electrons. The van der Waals surface area contributed by atoms with Crippen LogP contribution in [0.25, 0.3) is 21.3 Å². The van der Waals surface area contributed by atoms with Crippen LogP contribution in [-0.2, 0) is 27.2 Å². The van der Waals surface area contributed by atoms with Crippen LogP contribution in [0.15, 0.2) is 48.0 Å². The summed E-state index contributed by atoms with van der Waals surface area (Å²) in [4.78, 5) is 1.36. The molecule has 3 heteroatoms. The van der Waals surface area contributed by atoms with Crippen molar-refractivity contribution in [3.63, 3.8) is 0 Å². The summed E-state index contributed by atoms with van der Waals surface area (Å²) in [6.45, 7) is 4.35. The Hall–Kier alpha value is -1.15. The first-order valence-electron chi connectivity index (χ1n) is 6.44. The molecule has 3 aromatic rings. The second-order valence-electron chi connectivity index (χ2n) is 5.03. The van der Waals surface area contributed by atoms with Crippen LogP contribution in [0.3, 0.4) is 0 Å². The molecule has 1 nitrogen and oxygen atoms in total. The second kappa shape index (κ2) is 6.09. The third-order valence-electron chi connectivity index (χ3n) is 3.47. The molecular weight excluding hydrogens is 442 g/mol. The molecule has 2 heterocycles. The molecule has 0 bridgehead atoms. The summed E-state index contributed by atoms with van der Waals surface area (Å²) < 4.78 is 2.22. The van der Waals surface area contributed by atoms with Crippen molar-refractivity contribution < 1.29 is 24.7 Å². The van der Waals surface area contributed by atoms with E-state index >= 15 is 0 Å². The zero-order valence-corrected chi connectivity index (χ0v) is 15.0. The molecule has 2 aromatic heterocycles. The predicted octanol–water partition coefficient (Wildman–Crippen LogP) is 4.35. The van der Waals surface area contributed by atoms with Gasteiger partial charge in [0.15, 0.2) is 11.9 Å². The molecule has 0 fully saturated rings. The van der Waals surface area contributed by atoms with Gasteiger partial charge in [0, 0.05) is 31.6 Å². The fourth-order valence-electron chi connectivity index (χ4n) is 2.48. The predicted molar refractivity (Wildman–Crippen MR) is 82.1 cm³/mol. The number of aryl methyl sites for hydroxylation is 1. The zero-order valence-electron chi connectivity index (χ0n) is 11.8. The number of benzene rings is 1. The Balaban J connectivity index is 0.00000147. The van der Waals surface area contributed by atoms with Gasteiger partial charge in [-0.25, -0.2) is 15.9 Å². The molecule has 0 spiro atoms. The Labute approximate surface area is 137 Å². The first-order valence-corrected chi connectivity index (χ1v) is 7.32. The molecule has 0 unspecified atom stereocenters. The van der Waals surface area contributed by atoms with Gasteiger partial charge in [0.2, 0.25) is 0 Å². The first-order chi connectivity index (χ1) is 9.18. The minimum absolute atomic E-state index is 0. The van der Waals surface area contributed by atoms with E-state index in [1.165, 1.54) is 32.8 Å². The number of rotatable bonds is 2. The smallest absolute Gasteiger partial charge is 0.175 e. The zero-order chi connectivity index (χ0) is 13.4. The number of nitrogens with zero attached hydrogens (tertiary/aromatic N) is 1. The van der Waals surface area contributed by atoms with Gasteiger partial charge in [-0.2, -0.15) is 17.5 Å². The summed E-state index contributed by atoms with van der Waals surface area (Å²) in [6.07, 6.45) is 2.14. The Morgan fingerprint density at radius 3 is 2.55 bits per heavy atom. The number of hydrogen-bond donors (Lipinski definition) is 0. The van der Waals surface area contributed by atoms with Crippen molar-refractivity contribution in [3.8, 4) is 10.6 Å². The van der Waals surface area contributed by atoms with Gasteiger partial charge in [0.25, 0.3) is 0 Å². The molecule has 0 amide bonds. The topological polar surface area (TPSA) is 3.88 Å². The average Bonchev–Trinajstić information content (AvgIpc) is 2.87. The van der Waals surface area contributed by atoms with Crippen molar-refractivity contribution >= 4 is 22.1 Å². The standard InChI is InChI=1S/C17H17NS.Ir/c1-12(2)14-9-11-19-17(14)16-15-7-5-4-6-13(15)8-10-18(16)3;/h4-11H,1-3H3;. The minimum atomic E-state index is 0. The van der Waals surface area contributed by atoms with Crippen LogP contribution < -0.4 is 4.57 Å². The molecule has 0 saturated heterocycles. The molecule has 0 saturated carbocycles. The van der Waals surface area contributed by atoms with Gasteiger partial charge < -0.3 is 0 Å². The maximum Gasteiger partial charge on any atom is 0.175 e. The van der Waals surface area contributed by atoms with E-state index in [4.69, 9.17) is 0 Å². The van der Waals surface area contributed by atoms with Crippen molar-refractivity contribution in [1.29, 1.82) is 0 Å². The Morgan fingerprint density at radius 2 is 1.80 bits per heavy atom. The van der Waals surface area contributed by atoms with Gasteiger partial charge in [-0.15, -0.1) is 0 Å². The van der Waals surface area contributed by atoms with E-state index in [0.29, 0.717) is 0 Å². The van der Waals surface area contributed by atoms with E-state index in [1.54, 1.807) is 0 Å². The number of pyridine rings is 1. The Kier molecular flexibility index (Phi) is 4.64. The quantitative estimate of drug-likeness (QED) is 0.396. The molecule has 0 atom stereocenters. The van der Waals surface area contributed by atoms with Gasteiger partial charge in [-0.1, -0.05) is 37.4 Å². The fourth-order valence-corrected chi connectivity index (χ4v) is 3.59. The molecule has 1 radical (unpaired) electrons. The third-order valence-corrected chi connectivity index (χ3v) is 4.39. The molecule has 0 aliphatic carbocycles. The monoisotopic (exact) mass is 460 g/mol. The molecular formula is C17H17IrNS. The van der Waals surface area contributed by atoms with Gasteiger partial charge >= 0.3 is 0 Å². The number of thiophene rings is 1. The van der Waals surface area contributed by atoms with Gasteiger partial charge in [-0.3, -0.25) is 0 Å². The van der Waals surface area contributed by atoms with Crippen LogP contribution in [0.4, 0.5) is 0 Å². The van der Waals surface area contributed by atoms with Crippen LogP contribution in [0.5, 0.6) is 0 Å². The molecule has 20 heavy (non-hydrogen) atoms. The molecule has 0 aliphatic rings. The third kappa shape index (κ3) is 2.54. The Morgan fingerprint density at radius 1 is 1.05 bits per heavy atom. The van der Waals surface area contributed by atoms with Crippen LogP contribution >= 0.6 is 11.3 Å². The van der Waals surface area contributed by atoms with E-state index in [0.717, 1.165) is 0 Å². The van der Waals surface area contributed by atoms with Crippen molar-refractivity contribution in [2.75, 3.05) is 0 Å². The van der Waals surface area contributed by atoms with Crippen LogP contribution in [0, 0.1) is 5.92 Å². The summed E-state index contributed by atoms with van der Waals surface area (Å²) in [5.74, 6) is 1.36. The van der Waals surface area contributed by atoms with Gasteiger partial charge in [0.05, 0.1) is 0 Å². The minimum Gasteiger partial charge on any atom is -0.219 e. The van der Waals surface area contributed by atoms with E-state index in [9.17, 15) is 0 Å². The number of aromatic nitrogens is 1. The normalized spacial score (nSPS) is 10.3. The van der Waals surface area contributed by atoms with Crippen molar-refractivity contribution in [3.05, 3.63) is 59.5 Å². The molecule has 1 aromatic carbocycles. The van der Waals surface area contributed by atoms with Gasteiger partial charge in [0.1, 0.15) is 7.05 Å². The van der Waals surface area contributed by atoms with E-state index in [2.05, 4.69) is 73.4 Å². The van der Waals surface area contributed by atoms with E-state index in [1.807, 2.05) is 11.3 Å². The van der Waals surface area contributed by atoms with Crippen molar-refractivity contribution in [1.82, 2.24) is 0 Å². The van der Waals surface area contributed by atoms with E-state index in [-0.39, 0.29) is 20.1 Å². The molecule has 0 aliphatic heterocycles. The fraction of sp³-hybridized carbons (Fsp3) is 0.176. The van der Waals surface area contributed by atoms with Crippen LogP contribution in [-0.4, -0.2) is 0 Å². The summed E-state index contributed by atoms with van der Waals surface area (Å²) in [5, 5.41) is 4.79. The van der Waals surface area contributed by atoms with Gasteiger partial charge in [-0.05, 0) is 16.3 Å².